The number of piperidine rings is 1. The molecule has 1 aliphatic heterocycles. The van der Waals surface area contributed by atoms with Crippen LogP contribution in [0.2, 0.25) is 0 Å². The summed E-state index contributed by atoms with van der Waals surface area (Å²) in [5, 5.41) is 0. The molecule has 1 aliphatic rings. The number of nitrogens with zero attached hydrogens (tertiary/aromatic N) is 1. The van der Waals surface area contributed by atoms with Crippen molar-refractivity contribution in [1.29, 1.82) is 0 Å². The summed E-state index contributed by atoms with van der Waals surface area (Å²) >= 11 is 5.16. The summed E-state index contributed by atoms with van der Waals surface area (Å²) in [6, 6.07) is 6.34. The third kappa shape index (κ3) is 2.83. The number of rotatable bonds is 3. The highest BCUT2D eigenvalue weighted by Crippen LogP contribution is 2.28. The summed E-state index contributed by atoms with van der Waals surface area (Å²) in [6.07, 6.45) is 3.85. The maximum Gasteiger partial charge on any atom is 0.106 e. The first kappa shape index (κ1) is 13.3. The quantitative estimate of drug-likeness (QED) is 0.848. The lowest BCUT2D eigenvalue weighted by molar-refractivity contribution is 0.395. The van der Waals surface area contributed by atoms with Crippen molar-refractivity contribution in [2.75, 3.05) is 18.0 Å². The SMILES string of the molecule is CCC1CCN(c2cc(C)ccc2C(N)=S)CC1. The van der Waals surface area contributed by atoms with Crippen molar-refractivity contribution in [3.8, 4) is 0 Å². The van der Waals surface area contributed by atoms with Gasteiger partial charge in [-0.1, -0.05) is 31.6 Å². The lowest BCUT2D eigenvalue weighted by Gasteiger charge is -2.34. The van der Waals surface area contributed by atoms with Gasteiger partial charge in [0.25, 0.3) is 0 Å². The second-order valence-corrected chi connectivity index (χ2v) is 5.66. The van der Waals surface area contributed by atoms with Crippen LogP contribution in [0.4, 0.5) is 5.69 Å². The molecule has 0 aromatic heterocycles. The van der Waals surface area contributed by atoms with Crippen molar-refractivity contribution in [2.45, 2.75) is 33.1 Å². The van der Waals surface area contributed by atoms with Gasteiger partial charge in [-0.3, -0.25) is 0 Å². The highest BCUT2D eigenvalue weighted by molar-refractivity contribution is 7.80. The molecule has 2 nitrogen and oxygen atoms in total. The van der Waals surface area contributed by atoms with Gasteiger partial charge in [-0.15, -0.1) is 0 Å². The number of benzene rings is 1. The van der Waals surface area contributed by atoms with Crippen LogP contribution in [0, 0.1) is 12.8 Å². The molecular formula is C15H22N2S. The number of hydrogen-bond donors (Lipinski definition) is 1. The van der Waals surface area contributed by atoms with Crippen molar-refractivity contribution >= 4 is 22.9 Å². The highest BCUT2D eigenvalue weighted by atomic mass is 32.1. The maximum absolute atomic E-state index is 5.83. The van der Waals surface area contributed by atoms with Crippen molar-refractivity contribution < 1.29 is 0 Å². The number of aryl methyl sites for hydroxylation is 1. The molecule has 0 aliphatic carbocycles. The molecule has 0 unspecified atom stereocenters. The molecule has 0 radical (unpaired) electrons. The first-order valence-corrected chi connectivity index (χ1v) is 7.18. The van der Waals surface area contributed by atoms with Crippen molar-refractivity contribution in [2.24, 2.45) is 11.7 Å². The Bertz CT molecular complexity index is 434. The van der Waals surface area contributed by atoms with E-state index in [2.05, 4.69) is 36.9 Å². The Morgan fingerprint density at radius 1 is 1.39 bits per heavy atom. The van der Waals surface area contributed by atoms with Gasteiger partial charge in [0.2, 0.25) is 0 Å². The summed E-state index contributed by atoms with van der Waals surface area (Å²) in [6.45, 7) is 6.65. The molecule has 1 fully saturated rings. The summed E-state index contributed by atoms with van der Waals surface area (Å²) in [5.41, 5.74) is 9.33. The van der Waals surface area contributed by atoms with Gasteiger partial charge in [-0.25, -0.2) is 0 Å². The van der Waals surface area contributed by atoms with E-state index in [1.165, 1.54) is 30.5 Å². The van der Waals surface area contributed by atoms with Crippen LogP contribution in [0.25, 0.3) is 0 Å². The molecule has 18 heavy (non-hydrogen) atoms. The Morgan fingerprint density at radius 2 is 2.06 bits per heavy atom. The summed E-state index contributed by atoms with van der Waals surface area (Å²) in [5.74, 6) is 0.888. The van der Waals surface area contributed by atoms with Gasteiger partial charge in [0.05, 0.1) is 0 Å². The Kier molecular flexibility index (Phi) is 4.23. The molecule has 0 spiro atoms. The fourth-order valence-electron chi connectivity index (χ4n) is 2.69. The number of hydrogen-bond acceptors (Lipinski definition) is 2. The third-order valence-electron chi connectivity index (χ3n) is 3.95. The van der Waals surface area contributed by atoms with Crippen LogP contribution in [-0.4, -0.2) is 18.1 Å². The first-order valence-electron chi connectivity index (χ1n) is 6.77. The second-order valence-electron chi connectivity index (χ2n) is 5.22. The minimum atomic E-state index is 0.502. The molecule has 1 saturated heterocycles. The molecule has 98 valence electrons. The van der Waals surface area contributed by atoms with Gasteiger partial charge in [0, 0.05) is 24.3 Å². The molecule has 0 bridgehead atoms. The molecule has 1 aromatic carbocycles. The summed E-state index contributed by atoms with van der Waals surface area (Å²) in [4.78, 5) is 2.94. The molecule has 0 amide bonds. The summed E-state index contributed by atoms with van der Waals surface area (Å²) < 4.78 is 0. The van der Waals surface area contributed by atoms with Gasteiger partial charge >= 0.3 is 0 Å². The van der Waals surface area contributed by atoms with Crippen LogP contribution in [0.5, 0.6) is 0 Å². The molecule has 0 saturated carbocycles. The van der Waals surface area contributed by atoms with Crippen LogP contribution in [-0.2, 0) is 0 Å². The fraction of sp³-hybridized carbons (Fsp3) is 0.533. The zero-order valence-corrected chi connectivity index (χ0v) is 12.1. The lowest BCUT2D eigenvalue weighted by Crippen LogP contribution is -2.34. The van der Waals surface area contributed by atoms with Gasteiger partial charge in [-0.05, 0) is 43.4 Å². The van der Waals surface area contributed by atoms with Crippen LogP contribution in [0.15, 0.2) is 18.2 Å². The molecular weight excluding hydrogens is 240 g/mol. The Hall–Kier alpha value is -1.09. The van der Waals surface area contributed by atoms with Crippen LogP contribution in [0.3, 0.4) is 0 Å². The van der Waals surface area contributed by atoms with Crippen molar-refractivity contribution in [1.82, 2.24) is 0 Å². The monoisotopic (exact) mass is 262 g/mol. The van der Waals surface area contributed by atoms with Gasteiger partial charge in [-0.2, -0.15) is 0 Å². The topological polar surface area (TPSA) is 29.3 Å². The lowest BCUT2D eigenvalue weighted by atomic mass is 9.93. The van der Waals surface area contributed by atoms with Gasteiger partial charge in [0.1, 0.15) is 4.99 Å². The Morgan fingerprint density at radius 3 is 2.61 bits per heavy atom. The maximum atomic E-state index is 5.83. The minimum Gasteiger partial charge on any atom is -0.389 e. The zero-order valence-electron chi connectivity index (χ0n) is 11.3. The smallest absolute Gasteiger partial charge is 0.106 e. The van der Waals surface area contributed by atoms with E-state index in [0.717, 1.165) is 24.6 Å². The molecule has 2 N–H and O–H groups in total. The third-order valence-corrected chi connectivity index (χ3v) is 4.17. The van der Waals surface area contributed by atoms with E-state index in [-0.39, 0.29) is 0 Å². The average molecular weight is 262 g/mol. The molecule has 3 heteroatoms. The fourth-order valence-corrected chi connectivity index (χ4v) is 2.87. The number of nitrogens with two attached hydrogens (primary N) is 1. The molecule has 1 heterocycles. The van der Waals surface area contributed by atoms with Crippen LogP contribution < -0.4 is 10.6 Å². The van der Waals surface area contributed by atoms with E-state index in [9.17, 15) is 0 Å². The van der Waals surface area contributed by atoms with Crippen molar-refractivity contribution in [3.63, 3.8) is 0 Å². The Labute approximate surface area is 115 Å². The number of thiocarbonyl (C=S) groups is 1. The second kappa shape index (κ2) is 5.70. The average Bonchev–Trinajstić information content (AvgIpc) is 2.38. The summed E-state index contributed by atoms with van der Waals surface area (Å²) in [7, 11) is 0. The van der Waals surface area contributed by atoms with E-state index in [0.29, 0.717) is 4.99 Å². The van der Waals surface area contributed by atoms with E-state index >= 15 is 0 Å². The van der Waals surface area contributed by atoms with Crippen LogP contribution >= 0.6 is 12.2 Å². The number of anilines is 1. The standard InChI is InChI=1S/C15H22N2S/c1-3-12-6-8-17(9-7-12)14-10-11(2)4-5-13(14)15(16)18/h4-5,10,12H,3,6-9H2,1-2H3,(H2,16,18). The predicted molar refractivity (Wildman–Crippen MR) is 82.3 cm³/mol. The zero-order chi connectivity index (χ0) is 13.1. The van der Waals surface area contributed by atoms with Gasteiger partial charge in [0.15, 0.2) is 0 Å². The van der Waals surface area contributed by atoms with E-state index in [4.69, 9.17) is 18.0 Å². The van der Waals surface area contributed by atoms with E-state index in [1.54, 1.807) is 0 Å². The van der Waals surface area contributed by atoms with E-state index in [1.807, 2.05) is 0 Å². The van der Waals surface area contributed by atoms with E-state index < -0.39 is 0 Å². The first-order chi connectivity index (χ1) is 8.61. The highest BCUT2D eigenvalue weighted by Gasteiger charge is 2.20. The molecule has 2 rings (SSSR count). The normalized spacial score (nSPS) is 16.9. The van der Waals surface area contributed by atoms with Crippen molar-refractivity contribution in [3.05, 3.63) is 29.3 Å². The molecule has 1 aromatic rings. The largest absolute Gasteiger partial charge is 0.389 e. The van der Waals surface area contributed by atoms with Gasteiger partial charge < -0.3 is 10.6 Å². The minimum absolute atomic E-state index is 0.502. The van der Waals surface area contributed by atoms with Crippen LogP contribution in [0.1, 0.15) is 37.3 Å². The Balaban J connectivity index is 2.22. The predicted octanol–water partition coefficient (Wildman–Crippen LogP) is 3.26. The molecule has 0 atom stereocenters.